The maximum absolute atomic E-state index is 5.78. The molecule has 0 saturated heterocycles. The molecule has 0 spiro atoms. The summed E-state index contributed by atoms with van der Waals surface area (Å²) in [5, 5.41) is 4.67. The molecule has 2 aromatic heterocycles. The molecule has 0 aliphatic rings. The number of rotatable bonds is 3. The lowest BCUT2D eigenvalue weighted by Gasteiger charge is -2.05. The van der Waals surface area contributed by atoms with Crippen LogP contribution in [0.1, 0.15) is 12.5 Å². The van der Waals surface area contributed by atoms with Crippen molar-refractivity contribution in [2.45, 2.75) is 19.4 Å². The maximum atomic E-state index is 5.78. The molecular weight excluding hydrogens is 224 g/mol. The Morgan fingerprint density at radius 2 is 2.25 bits per heavy atom. The molecule has 0 aliphatic heterocycles. The van der Waals surface area contributed by atoms with E-state index in [-0.39, 0.29) is 6.04 Å². The van der Waals surface area contributed by atoms with Crippen LogP contribution in [-0.2, 0) is 6.42 Å². The SMILES string of the molecule is CC(N)Cc1ccc(-n2cc(Cl)cn2)nc1. The van der Waals surface area contributed by atoms with Gasteiger partial charge in [-0.25, -0.2) is 9.67 Å². The van der Waals surface area contributed by atoms with Crippen LogP contribution in [0.3, 0.4) is 0 Å². The van der Waals surface area contributed by atoms with Crippen molar-refractivity contribution in [2.24, 2.45) is 5.73 Å². The third-order valence-corrected chi connectivity index (χ3v) is 2.35. The number of hydrogen-bond acceptors (Lipinski definition) is 3. The third kappa shape index (κ3) is 2.59. The molecule has 0 saturated carbocycles. The first-order chi connectivity index (χ1) is 7.65. The molecule has 0 fully saturated rings. The lowest BCUT2D eigenvalue weighted by molar-refractivity contribution is 0.733. The zero-order valence-electron chi connectivity index (χ0n) is 8.97. The summed E-state index contributed by atoms with van der Waals surface area (Å²) in [7, 11) is 0. The topological polar surface area (TPSA) is 56.7 Å². The fourth-order valence-corrected chi connectivity index (χ4v) is 1.61. The molecule has 2 heterocycles. The van der Waals surface area contributed by atoms with Gasteiger partial charge in [-0.05, 0) is 25.0 Å². The maximum Gasteiger partial charge on any atom is 0.153 e. The van der Waals surface area contributed by atoms with Crippen molar-refractivity contribution in [3.63, 3.8) is 0 Å². The molecule has 0 bridgehead atoms. The average molecular weight is 237 g/mol. The number of hydrogen-bond donors (Lipinski definition) is 1. The van der Waals surface area contributed by atoms with E-state index in [1.54, 1.807) is 17.1 Å². The van der Waals surface area contributed by atoms with Gasteiger partial charge in [-0.2, -0.15) is 5.10 Å². The monoisotopic (exact) mass is 236 g/mol. The van der Waals surface area contributed by atoms with E-state index in [0.717, 1.165) is 17.8 Å². The van der Waals surface area contributed by atoms with E-state index in [1.807, 2.05) is 25.3 Å². The van der Waals surface area contributed by atoms with Gasteiger partial charge in [-0.1, -0.05) is 17.7 Å². The highest BCUT2D eigenvalue weighted by Gasteiger charge is 2.02. The van der Waals surface area contributed by atoms with Crippen molar-refractivity contribution in [2.75, 3.05) is 0 Å². The van der Waals surface area contributed by atoms with Crippen LogP contribution in [0, 0.1) is 0 Å². The second-order valence-corrected chi connectivity index (χ2v) is 4.25. The minimum absolute atomic E-state index is 0.145. The van der Waals surface area contributed by atoms with Gasteiger partial charge in [0.2, 0.25) is 0 Å². The molecule has 1 atom stereocenters. The van der Waals surface area contributed by atoms with Crippen LogP contribution in [0.4, 0.5) is 0 Å². The van der Waals surface area contributed by atoms with Gasteiger partial charge in [-0.15, -0.1) is 0 Å². The standard InChI is InChI=1S/C11H13ClN4/c1-8(13)4-9-2-3-11(14-5-9)16-7-10(12)6-15-16/h2-3,5-8H,4,13H2,1H3. The quantitative estimate of drug-likeness (QED) is 0.884. The van der Waals surface area contributed by atoms with E-state index in [4.69, 9.17) is 17.3 Å². The number of nitrogens with two attached hydrogens (primary N) is 1. The van der Waals surface area contributed by atoms with Crippen LogP contribution in [0.25, 0.3) is 5.82 Å². The lowest BCUT2D eigenvalue weighted by Crippen LogP contribution is -2.17. The Morgan fingerprint density at radius 1 is 1.44 bits per heavy atom. The summed E-state index contributed by atoms with van der Waals surface area (Å²) >= 11 is 5.78. The number of halogens is 1. The molecule has 0 aliphatic carbocycles. The van der Waals surface area contributed by atoms with E-state index in [9.17, 15) is 0 Å². The first kappa shape index (κ1) is 11.1. The van der Waals surface area contributed by atoms with Crippen molar-refractivity contribution in [1.29, 1.82) is 0 Å². The summed E-state index contributed by atoms with van der Waals surface area (Å²) < 4.78 is 1.64. The normalized spacial score (nSPS) is 12.7. The molecule has 0 aromatic carbocycles. The number of nitrogens with zero attached hydrogens (tertiary/aromatic N) is 3. The van der Waals surface area contributed by atoms with Crippen LogP contribution >= 0.6 is 11.6 Å². The van der Waals surface area contributed by atoms with E-state index in [2.05, 4.69) is 10.1 Å². The predicted octanol–water partition coefficient (Wildman–Crippen LogP) is 1.81. The Labute approximate surface area is 99.1 Å². The molecule has 2 N–H and O–H groups in total. The van der Waals surface area contributed by atoms with Gasteiger partial charge in [0.05, 0.1) is 17.4 Å². The Balaban J connectivity index is 2.19. The second kappa shape index (κ2) is 4.63. The largest absolute Gasteiger partial charge is 0.328 e. The highest BCUT2D eigenvalue weighted by molar-refractivity contribution is 6.30. The van der Waals surface area contributed by atoms with Crippen molar-refractivity contribution < 1.29 is 0 Å². The Hall–Kier alpha value is -1.39. The first-order valence-electron chi connectivity index (χ1n) is 5.06. The molecule has 2 rings (SSSR count). The zero-order valence-corrected chi connectivity index (χ0v) is 9.72. The summed E-state index contributed by atoms with van der Waals surface area (Å²) in [6.07, 6.45) is 5.94. The molecule has 16 heavy (non-hydrogen) atoms. The summed E-state index contributed by atoms with van der Waals surface area (Å²) in [4.78, 5) is 4.30. The van der Waals surface area contributed by atoms with Crippen LogP contribution in [0.5, 0.6) is 0 Å². The third-order valence-electron chi connectivity index (χ3n) is 2.15. The molecule has 4 nitrogen and oxygen atoms in total. The smallest absolute Gasteiger partial charge is 0.153 e. The molecular formula is C11H13ClN4. The molecule has 84 valence electrons. The van der Waals surface area contributed by atoms with Crippen LogP contribution in [0.2, 0.25) is 5.02 Å². The summed E-state index contributed by atoms with van der Waals surface area (Å²) in [6, 6.07) is 4.05. The molecule has 0 radical (unpaired) electrons. The van der Waals surface area contributed by atoms with Crippen molar-refractivity contribution in [1.82, 2.24) is 14.8 Å². The second-order valence-electron chi connectivity index (χ2n) is 3.81. The van der Waals surface area contributed by atoms with Gasteiger partial charge in [-0.3, -0.25) is 0 Å². The van der Waals surface area contributed by atoms with E-state index < -0.39 is 0 Å². The van der Waals surface area contributed by atoms with E-state index in [0.29, 0.717) is 5.02 Å². The predicted molar refractivity (Wildman–Crippen MR) is 63.7 cm³/mol. The average Bonchev–Trinajstić information content (AvgIpc) is 2.65. The minimum atomic E-state index is 0.145. The van der Waals surface area contributed by atoms with Gasteiger partial charge >= 0.3 is 0 Å². The Kier molecular flexibility index (Phi) is 3.22. The van der Waals surface area contributed by atoms with Gasteiger partial charge in [0.25, 0.3) is 0 Å². The van der Waals surface area contributed by atoms with E-state index in [1.165, 1.54) is 0 Å². The molecule has 5 heteroatoms. The lowest BCUT2D eigenvalue weighted by atomic mass is 10.1. The fourth-order valence-electron chi connectivity index (χ4n) is 1.47. The highest BCUT2D eigenvalue weighted by Crippen LogP contribution is 2.10. The molecule has 2 aromatic rings. The van der Waals surface area contributed by atoms with Crippen molar-refractivity contribution in [3.8, 4) is 5.82 Å². The van der Waals surface area contributed by atoms with Crippen molar-refractivity contribution in [3.05, 3.63) is 41.3 Å². The Morgan fingerprint density at radius 3 is 2.75 bits per heavy atom. The Bertz CT molecular complexity index is 461. The summed E-state index contributed by atoms with van der Waals surface area (Å²) in [5.41, 5.74) is 6.84. The van der Waals surface area contributed by atoms with Crippen LogP contribution in [-0.4, -0.2) is 20.8 Å². The minimum Gasteiger partial charge on any atom is -0.328 e. The number of pyridine rings is 1. The first-order valence-corrected chi connectivity index (χ1v) is 5.44. The van der Waals surface area contributed by atoms with Gasteiger partial charge in [0.1, 0.15) is 0 Å². The van der Waals surface area contributed by atoms with Gasteiger partial charge < -0.3 is 5.73 Å². The van der Waals surface area contributed by atoms with Gasteiger partial charge in [0.15, 0.2) is 5.82 Å². The van der Waals surface area contributed by atoms with Crippen LogP contribution in [0.15, 0.2) is 30.7 Å². The number of aromatic nitrogens is 3. The zero-order chi connectivity index (χ0) is 11.5. The summed E-state index contributed by atoms with van der Waals surface area (Å²) in [6.45, 7) is 1.97. The fraction of sp³-hybridized carbons (Fsp3) is 0.273. The van der Waals surface area contributed by atoms with E-state index >= 15 is 0 Å². The van der Waals surface area contributed by atoms with Crippen LogP contribution < -0.4 is 5.73 Å². The highest BCUT2D eigenvalue weighted by atomic mass is 35.5. The summed E-state index contributed by atoms with van der Waals surface area (Å²) in [5.74, 6) is 0.750. The molecule has 1 unspecified atom stereocenters. The molecule has 0 amide bonds. The van der Waals surface area contributed by atoms with Gasteiger partial charge in [0, 0.05) is 12.2 Å². The van der Waals surface area contributed by atoms with Crippen molar-refractivity contribution >= 4 is 11.6 Å².